The van der Waals surface area contributed by atoms with Crippen molar-refractivity contribution in [2.24, 2.45) is 0 Å². The molecule has 118 valence electrons. The van der Waals surface area contributed by atoms with E-state index in [1.165, 1.54) is 5.56 Å². The first-order valence-electron chi connectivity index (χ1n) is 7.01. The normalized spacial score (nSPS) is 10.7. The van der Waals surface area contributed by atoms with E-state index in [9.17, 15) is 0 Å². The Kier molecular flexibility index (Phi) is 5.30. The molecule has 0 unspecified atom stereocenters. The van der Waals surface area contributed by atoms with Crippen LogP contribution in [0.3, 0.4) is 0 Å². The fourth-order valence-electron chi connectivity index (χ4n) is 2.06. The van der Waals surface area contributed by atoms with Crippen molar-refractivity contribution in [3.8, 4) is 5.75 Å². The maximum Gasteiger partial charge on any atom is 0.209 e. The predicted octanol–water partition coefficient (Wildman–Crippen LogP) is 3.78. The standard InChI is InChI=1S/C16H15BrN4OS/c1-22-14-8-6-12(7-9-14)10-21-16(18-19-20-21)23-11-13-4-2-3-5-15(13)17/h2-9H,10-11H2,1H3. The summed E-state index contributed by atoms with van der Waals surface area (Å²) in [4.78, 5) is 0. The van der Waals surface area contributed by atoms with Crippen molar-refractivity contribution in [3.63, 3.8) is 0 Å². The van der Waals surface area contributed by atoms with Gasteiger partial charge < -0.3 is 4.74 Å². The van der Waals surface area contributed by atoms with E-state index in [4.69, 9.17) is 4.74 Å². The topological polar surface area (TPSA) is 52.8 Å². The van der Waals surface area contributed by atoms with Gasteiger partial charge in [-0.3, -0.25) is 0 Å². The molecule has 0 saturated carbocycles. The van der Waals surface area contributed by atoms with Crippen LogP contribution in [0.25, 0.3) is 0 Å². The molecule has 0 aliphatic rings. The van der Waals surface area contributed by atoms with Crippen LogP contribution in [0.4, 0.5) is 0 Å². The van der Waals surface area contributed by atoms with E-state index in [2.05, 4.69) is 37.5 Å². The number of aromatic nitrogens is 4. The van der Waals surface area contributed by atoms with Gasteiger partial charge in [-0.25, -0.2) is 4.68 Å². The van der Waals surface area contributed by atoms with Gasteiger partial charge in [0, 0.05) is 10.2 Å². The number of halogens is 1. The van der Waals surface area contributed by atoms with Gasteiger partial charge in [-0.1, -0.05) is 58.0 Å². The quantitative estimate of drug-likeness (QED) is 0.599. The highest BCUT2D eigenvalue weighted by molar-refractivity contribution is 9.10. The van der Waals surface area contributed by atoms with Crippen LogP contribution in [-0.4, -0.2) is 27.3 Å². The SMILES string of the molecule is COc1ccc(Cn2nnnc2SCc2ccccc2Br)cc1. The smallest absolute Gasteiger partial charge is 0.209 e. The van der Waals surface area contributed by atoms with Gasteiger partial charge in [-0.05, 0) is 39.8 Å². The molecule has 0 aliphatic carbocycles. The summed E-state index contributed by atoms with van der Waals surface area (Å²) in [6.07, 6.45) is 0. The molecule has 0 atom stereocenters. The lowest BCUT2D eigenvalue weighted by Gasteiger charge is -2.06. The zero-order valence-electron chi connectivity index (χ0n) is 12.5. The molecule has 1 aromatic heterocycles. The number of methoxy groups -OCH3 is 1. The molecule has 0 spiro atoms. The first kappa shape index (κ1) is 16.0. The van der Waals surface area contributed by atoms with Gasteiger partial charge in [0.2, 0.25) is 5.16 Å². The summed E-state index contributed by atoms with van der Waals surface area (Å²) in [5, 5.41) is 12.8. The van der Waals surface area contributed by atoms with Crippen LogP contribution < -0.4 is 4.74 Å². The lowest BCUT2D eigenvalue weighted by molar-refractivity contribution is 0.414. The minimum Gasteiger partial charge on any atom is -0.497 e. The molecule has 23 heavy (non-hydrogen) atoms. The van der Waals surface area contributed by atoms with E-state index in [-0.39, 0.29) is 0 Å². The molecule has 0 bridgehead atoms. The molecule has 3 rings (SSSR count). The number of hydrogen-bond acceptors (Lipinski definition) is 5. The minimum absolute atomic E-state index is 0.634. The first-order chi connectivity index (χ1) is 11.3. The Balaban J connectivity index is 1.68. The second kappa shape index (κ2) is 7.61. The number of rotatable bonds is 6. The molecule has 0 fully saturated rings. The van der Waals surface area contributed by atoms with E-state index >= 15 is 0 Å². The van der Waals surface area contributed by atoms with Crippen LogP contribution in [0, 0.1) is 0 Å². The average molecular weight is 391 g/mol. The van der Waals surface area contributed by atoms with Crippen LogP contribution >= 0.6 is 27.7 Å². The van der Waals surface area contributed by atoms with Crippen molar-refractivity contribution in [1.29, 1.82) is 0 Å². The van der Waals surface area contributed by atoms with Crippen molar-refractivity contribution in [1.82, 2.24) is 20.2 Å². The predicted molar refractivity (Wildman–Crippen MR) is 93.6 cm³/mol. The molecule has 0 saturated heterocycles. The van der Waals surface area contributed by atoms with E-state index in [0.717, 1.165) is 26.7 Å². The molecule has 0 radical (unpaired) electrons. The second-order valence-corrected chi connectivity index (χ2v) is 6.64. The first-order valence-corrected chi connectivity index (χ1v) is 8.79. The molecular formula is C16H15BrN4OS. The van der Waals surface area contributed by atoms with Gasteiger partial charge in [-0.2, -0.15) is 0 Å². The zero-order valence-corrected chi connectivity index (χ0v) is 14.9. The second-order valence-electron chi connectivity index (χ2n) is 4.85. The number of nitrogens with zero attached hydrogens (tertiary/aromatic N) is 4. The van der Waals surface area contributed by atoms with Gasteiger partial charge in [0.1, 0.15) is 5.75 Å². The zero-order chi connectivity index (χ0) is 16.1. The number of benzene rings is 2. The molecular weight excluding hydrogens is 376 g/mol. The summed E-state index contributed by atoms with van der Waals surface area (Å²) >= 11 is 5.18. The van der Waals surface area contributed by atoms with Crippen LogP contribution in [0.15, 0.2) is 58.2 Å². The lowest BCUT2D eigenvalue weighted by Crippen LogP contribution is -2.04. The highest BCUT2D eigenvalue weighted by Gasteiger charge is 2.09. The maximum atomic E-state index is 5.17. The summed E-state index contributed by atoms with van der Waals surface area (Å²) in [6.45, 7) is 0.634. The summed E-state index contributed by atoms with van der Waals surface area (Å²) in [5.41, 5.74) is 2.34. The van der Waals surface area contributed by atoms with Gasteiger partial charge in [0.05, 0.1) is 13.7 Å². The Morgan fingerprint density at radius 3 is 2.65 bits per heavy atom. The van der Waals surface area contributed by atoms with E-state index < -0.39 is 0 Å². The highest BCUT2D eigenvalue weighted by Crippen LogP contribution is 2.25. The van der Waals surface area contributed by atoms with Crippen molar-refractivity contribution in [2.45, 2.75) is 17.5 Å². The van der Waals surface area contributed by atoms with Gasteiger partial charge in [0.15, 0.2) is 0 Å². The minimum atomic E-state index is 0.634. The number of thioether (sulfide) groups is 1. The number of ether oxygens (including phenoxy) is 1. The maximum absolute atomic E-state index is 5.17. The van der Waals surface area contributed by atoms with Crippen molar-refractivity contribution in [3.05, 3.63) is 64.1 Å². The monoisotopic (exact) mass is 390 g/mol. The third-order valence-electron chi connectivity index (χ3n) is 3.31. The van der Waals surface area contributed by atoms with Crippen LogP contribution in [0.5, 0.6) is 5.75 Å². The average Bonchev–Trinajstić information content (AvgIpc) is 3.02. The molecule has 2 aromatic carbocycles. The lowest BCUT2D eigenvalue weighted by atomic mass is 10.2. The highest BCUT2D eigenvalue weighted by atomic mass is 79.9. The molecule has 0 amide bonds. The Labute approximate surface area is 147 Å². The molecule has 3 aromatic rings. The summed E-state index contributed by atoms with van der Waals surface area (Å²) < 4.78 is 8.08. The van der Waals surface area contributed by atoms with E-state index in [0.29, 0.717) is 6.54 Å². The van der Waals surface area contributed by atoms with Gasteiger partial charge >= 0.3 is 0 Å². The van der Waals surface area contributed by atoms with Crippen molar-refractivity contribution >= 4 is 27.7 Å². The molecule has 1 heterocycles. The van der Waals surface area contributed by atoms with Crippen molar-refractivity contribution < 1.29 is 4.74 Å². The molecule has 5 nitrogen and oxygen atoms in total. The molecule has 0 aliphatic heterocycles. The largest absolute Gasteiger partial charge is 0.497 e. The third-order valence-corrected chi connectivity index (χ3v) is 5.08. The van der Waals surface area contributed by atoms with Crippen LogP contribution in [-0.2, 0) is 12.3 Å². The Morgan fingerprint density at radius 2 is 1.91 bits per heavy atom. The Hall–Kier alpha value is -1.86. The number of tetrazole rings is 1. The van der Waals surface area contributed by atoms with Gasteiger partial charge in [0.25, 0.3) is 0 Å². The third kappa shape index (κ3) is 4.11. The fourth-order valence-corrected chi connectivity index (χ4v) is 3.55. The van der Waals surface area contributed by atoms with Crippen LogP contribution in [0.1, 0.15) is 11.1 Å². The Morgan fingerprint density at radius 1 is 1.13 bits per heavy atom. The number of hydrogen-bond donors (Lipinski definition) is 0. The van der Waals surface area contributed by atoms with E-state index in [1.807, 2.05) is 47.1 Å². The molecule has 7 heteroatoms. The molecule has 0 N–H and O–H groups in total. The Bertz CT molecular complexity index is 776. The van der Waals surface area contributed by atoms with Crippen LogP contribution in [0.2, 0.25) is 0 Å². The van der Waals surface area contributed by atoms with Crippen molar-refractivity contribution in [2.75, 3.05) is 7.11 Å². The summed E-state index contributed by atoms with van der Waals surface area (Å²) in [7, 11) is 1.66. The fraction of sp³-hybridized carbons (Fsp3) is 0.188. The summed E-state index contributed by atoms with van der Waals surface area (Å²) in [6, 6.07) is 16.1. The van der Waals surface area contributed by atoms with E-state index in [1.54, 1.807) is 18.9 Å². The van der Waals surface area contributed by atoms with Gasteiger partial charge in [-0.15, -0.1) is 5.10 Å². The summed E-state index contributed by atoms with van der Waals surface area (Å²) in [5.74, 6) is 1.65.